The van der Waals surface area contributed by atoms with Gasteiger partial charge in [0.15, 0.2) is 5.43 Å². The molecule has 5 heteroatoms. The van der Waals surface area contributed by atoms with E-state index in [0.717, 1.165) is 10.0 Å². The van der Waals surface area contributed by atoms with Gasteiger partial charge in [-0.2, -0.15) is 0 Å². The largest absolute Gasteiger partial charge is 0.461 e. The van der Waals surface area contributed by atoms with Crippen LogP contribution < -0.4 is 5.43 Å². The Balaban J connectivity index is 2.15. The first-order valence-electron chi connectivity index (χ1n) is 6.99. The summed E-state index contributed by atoms with van der Waals surface area (Å²) in [6.45, 7) is 1.41. The van der Waals surface area contributed by atoms with E-state index in [1.54, 1.807) is 18.2 Å². The van der Waals surface area contributed by atoms with Crippen LogP contribution in [-0.2, 0) is 16.1 Å². The van der Waals surface area contributed by atoms with Crippen LogP contribution in [0.4, 0.5) is 0 Å². The zero-order valence-corrected chi connectivity index (χ0v) is 13.9. The van der Waals surface area contributed by atoms with Crippen LogP contribution in [0.2, 0.25) is 0 Å². The molecule has 0 aliphatic heterocycles. The molecule has 0 N–H and O–H groups in total. The third kappa shape index (κ3) is 3.35. The van der Waals surface area contributed by atoms with Crippen LogP contribution in [0.5, 0.6) is 0 Å². The molecule has 0 saturated heterocycles. The van der Waals surface area contributed by atoms with E-state index < -0.39 is 0 Å². The van der Waals surface area contributed by atoms with Crippen molar-refractivity contribution in [1.29, 1.82) is 0 Å². The molecule has 4 nitrogen and oxygen atoms in total. The molecule has 3 aromatic rings. The normalized spacial score (nSPS) is 10.7. The summed E-state index contributed by atoms with van der Waals surface area (Å²) in [6.07, 6.45) is 0. The highest BCUT2D eigenvalue weighted by atomic mass is 79.9. The standard InChI is InChI=1S/C18H13BrO4/c1-11(20)22-10-13-3-2-4-15-16(21)9-17(23-18(13)15)12-5-7-14(19)8-6-12/h2-9H,10H2,1H3. The molecule has 1 heterocycles. The van der Waals surface area contributed by atoms with E-state index in [1.165, 1.54) is 13.0 Å². The number of carbonyl (C=O) groups is 1. The molecule has 0 aliphatic carbocycles. The fourth-order valence-electron chi connectivity index (χ4n) is 2.29. The Hall–Kier alpha value is -2.40. The summed E-state index contributed by atoms with van der Waals surface area (Å²) >= 11 is 3.38. The van der Waals surface area contributed by atoms with Crippen molar-refractivity contribution < 1.29 is 13.9 Å². The molecule has 23 heavy (non-hydrogen) atoms. The second kappa shape index (κ2) is 6.38. The summed E-state index contributed by atoms with van der Waals surface area (Å²) in [5.41, 5.74) is 1.77. The number of hydrogen-bond acceptors (Lipinski definition) is 4. The van der Waals surface area contributed by atoms with Crippen molar-refractivity contribution >= 4 is 32.9 Å². The molecule has 0 fully saturated rings. The van der Waals surface area contributed by atoms with E-state index in [2.05, 4.69) is 15.9 Å². The van der Waals surface area contributed by atoms with Gasteiger partial charge >= 0.3 is 5.97 Å². The van der Waals surface area contributed by atoms with Crippen LogP contribution in [-0.4, -0.2) is 5.97 Å². The highest BCUT2D eigenvalue weighted by Crippen LogP contribution is 2.26. The molecule has 0 radical (unpaired) electrons. The van der Waals surface area contributed by atoms with Crippen molar-refractivity contribution in [2.24, 2.45) is 0 Å². The van der Waals surface area contributed by atoms with Gasteiger partial charge < -0.3 is 9.15 Å². The van der Waals surface area contributed by atoms with E-state index in [0.29, 0.717) is 22.3 Å². The van der Waals surface area contributed by atoms with Crippen LogP contribution in [0.25, 0.3) is 22.3 Å². The van der Waals surface area contributed by atoms with E-state index in [1.807, 2.05) is 24.3 Å². The molecule has 3 rings (SSSR count). The summed E-state index contributed by atoms with van der Waals surface area (Å²) in [5.74, 6) is 0.0960. The Morgan fingerprint density at radius 1 is 1.17 bits per heavy atom. The van der Waals surface area contributed by atoms with Crippen molar-refractivity contribution in [3.63, 3.8) is 0 Å². The minimum absolute atomic E-state index is 0.0689. The molecule has 116 valence electrons. The van der Waals surface area contributed by atoms with Gasteiger partial charge in [-0.05, 0) is 18.2 Å². The number of ether oxygens (including phenoxy) is 1. The Morgan fingerprint density at radius 3 is 2.61 bits per heavy atom. The van der Waals surface area contributed by atoms with Gasteiger partial charge in [-0.3, -0.25) is 9.59 Å². The zero-order valence-electron chi connectivity index (χ0n) is 12.3. The number of benzene rings is 2. The summed E-state index contributed by atoms with van der Waals surface area (Å²) in [6, 6.07) is 14.2. The second-order valence-electron chi connectivity index (χ2n) is 5.06. The lowest BCUT2D eigenvalue weighted by molar-refractivity contribution is -0.142. The smallest absolute Gasteiger partial charge is 0.302 e. The lowest BCUT2D eigenvalue weighted by atomic mass is 10.1. The number of rotatable bonds is 3. The minimum atomic E-state index is -0.381. The Labute approximate surface area is 140 Å². The molecule has 1 aromatic heterocycles. The third-order valence-electron chi connectivity index (χ3n) is 3.40. The fourth-order valence-corrected chi connectivity index (χ4v) is 2.55. The van der Waals surface area contributed by atoms with Crippen molar-refractivity contribution in [3.8, 4) is 11.3 Å². The number of para-hydroxylation sites is 1. The monoisotopic (exact) mass is 372 g/mol. The predicted molar refractivity (Wildman–Crippen MR) is 91.1 cm³/mol. The number of esters is 1. The first kappa shape index (κ1) is 15.5. The Bertz CT molecular complexity index is 926. The Morgan fingerprint density at radius 2 is 1.91 bits per heavy atom. The summed E-state index contributed by atoms with van der Waals surface area (Å²) in [5, 5.41) is 0.468. The summed E-state index contributed by atoms with van der Waals surface area (Å²) < 4.78 is 11.9. The maximum atomic E-state index is 12.4. The fraction of sp³-hybridized carbons (Fsp3) is 0.111. The van der Waals surface area contributed by atoms with Crippen LogP contribution >= 0.6 is 15.9 Å². The van der Waals surface area contributed by atoms with Gasteiger partial charge in [0.2, 0.25) is 0 Å². The first-order valence-corrected chi connectivity index (χ1v) is 7.79. The molecule has 0 amide bonds. The maximum Gasteiger partial charge on any atom is 0.302 e. The average Bonchev–Trinajstić information content (AvgIpc) is 2.53. The SMILES string of the molecule is CC(=O)OCc1cccc2c(=O)cc(-c3ccc(Br)cc3)oc12. The van der Waals surface area contributed by atoms with Gasteiger partial charge in [0.25, 0.3) is 0 Å². The summed E-state index contributed by atoms with van der Waals surface area (Å²) in [7, 11) is 0. The second-order valence-corrected chi connectivity index (χ2v) is 5.97. The third-order valence-corrected chi connectivity index (χ3v) is 3.92. The van der Waals surface area contributed by atoms with Crippen molar-refractivity contribution in [1.82, 2.24) is 0 Å². The lowest BCUT2D eigenvalue weighted by Crippen LogP contribution is -2.04. The van der Waals surface area contributed by atoms with Crippen LogP contribution in [0.15, 0.2) is 62.2 Å². The lowest BCUT2D eigenvalue weighted by Gasteiger charge is -2.08. The molecule has 0 aliphatic rings. The molecular formula is C18H13BrO4. The quantitative estimate of drug-likeness (QED) is 0.643. The van der Waals surface area contributed by atoms with Crippen molar-refractivity contribution in [2.75, 3.05) is 0 Å². The average molecular weight is 373 g/mol. The zero-order chi connectivity index (χ0) is 16.4. The highest BCUT2D eigenvalue weighted by Gasteiger charge is 2.11. The Kier molecular flexibility index (Phi) is 4.30. The van der Waals surface area contributed by atoms with Gasteiger partial charge in [-0.25, -0.2) is 0 Å². The molecule has 0 spiro atoms. The van der Waals surface area contributed by atoms with Gasteiger partial charge in [-0.1, -0.05) is 40.2 Å². The number of hydrogen-bond donors (Lipinski definition) is 0. The van der Waals surface area contributed by atoms with E-state index >= 15 is 0 Å². The van der Waals surface area contributed by atoms with E-state index in [4.69, 9.17) is 9.15 Å². The van der Waals surface area contributed by atoms with Crippen LogP contribution in [0.1, 0.15) is 12.5 Å². The van der Waals surface area contributed by atoms with Crippen LogP contribution in [0, 0.1) is 0 Å². The molecule has 0 saturated carbocycles. The van der Waals surface area contributed by atoms with Crippen LogP contribution in [0.3, 0.4) is 0 Å². The maximum absolute atomic E-state index is 12.4. The van der Waals surface area contributed by atoms with E-state index in [-0.39, 0.29) is 18.0 Å². The van der Waals surface area contributed by atoms with Crippen molar-refractivity contribution in [3.05, 3.63) is 68.8 Å². The first-order chi connectivity index (χ1) is 11.0. The predicted octanol–water partition coefficient (Wildman–Crippen LogP) is 4.29. The molecule has 0 unspecified atom stereocenters. The topological polar surface area (TPSA) is 56.5 Å². The van der Waals surface area contributed by atoms with Gasteiger partial charge in [0.1, 0.15) is 18.0 Å². The number of carbonyl (C=O) groups excluding carboxylic acids is 1. The minimum Gasteiger partial charge on any atom is -0.461 e. The molecule has 0 bridgehead atoms. The van der Waals surface area contributed by atoms with Crippen molar-refractivity contribution in [2.45, 2.75) is 13.5 Å². The van der Waals surface area contributed by atoms with Gasteiger partial charge in [0.05, 0.1) is 5.39 Å². The number of halogens is 1. The highest BCUT2D eigenvalue weighted by molar-refractivity contribution is 9.10. The molecule has 0 atom stereocenters. The van der Waals surface area contributed by atoms with Gasteiger partial charge in [0, 0.05) is 28.6 Å². The summed E-state index contributed by atoms with van der Waals surface area (Å²) in [4.78, 5) is 23.4. The molecular weight excluding hydrogens is 360 g/mol. The molecule has 2 aromatic carbocycles. The van der Waals surface area contributed by atoms with E-state index in [9.17, 15) is 9.59 Å². The van der Waals surface area contributed by atoms with Gasteiger partial charge in [-0.15, -0.1) is 0 Å². The number of fused-ring (bicyclic) bond motifs is 1.